The first kappa shape index (κ1) is 20.0. The van der Waals surface area contributed by atoms with Crippen LogP contribution in [0.4, 0.5) is 5.82 Å². The van der Waals surface area contributed by atoms with E-state index in [1.54, 1.807) is 0 Å². The Kier molecular flexibility index (Phi) is 5.42. The van der Waals surface area contributed by atoms with Gasteiger partial charge in [-0.2, -0.15) is 0 Å². The number of anilines is 1. The molecule has 1 aliphatic heterocycles. The van der Waals surface area contributed by atoms with E-state index in [0.717, 1.165) is 41.4 Å². The number of amides is 1. The molecule has 0 radical (unpaired) electrons. The van der Waals surface area contributed by atoms with Crippen molar-refractivity contribution >= 4 is 11.7 Å². The topological polar surface area (TPSA) is 54.3 Å². The molecule has 32 heavy (non-hydrogen) atoms. The van der Waals surface area contributed by atoms with Crippen molar-refractivity contribution in [2.45, 2.75) is 6.92 Å². The van der Waals surface area contributed by atoms with Crippen molar-refractivity contribution < 1.29 is 4.79 Å². The van der Waals surface area contributed by atoms with E-state index in [1.165, 1.54) is 5.56 Å². The van der Waals surface area contributed by atoms with Crippen LogP contribution in [0, 0.1) is 6.92 Å². The van der Waals surface area contributed by atoms with Crippen molar-refractivity contribution in [2.24, 2.45) is 0 Å². The lowest BCUT2D eigenvalue weighted by molar-refractivity contribution is 0.0746. The maximum Gasteiger partial charge on any atom is 0.253 e. The predicted molar refractivity (Wildman–Crippen MR) is 126 cm³/mol. The van der Waals surface area contributed by atoms with Gasteiger partial charge in [-0.15, -0.1) is 10.2 Å². The van der Waals surface area contributed by atoms with E-state index in [0.29, 0.717) is 13.1 Å². The highest BCUT2D eigenvalue weighted by atomic mass is 16.2. The molecule has 6 nitrogen and oxygen atoms in total. The van der Waals surface area contributed by atoms with E-state index >= 15 is 0 Å². The Balaban J connectivity index is 1.21. The molecule has 0 bridgehead atoms. The maximum atomic E-state index is 12.9. The Morgan fingerprint density at radius 2 is 1.50 bits per heavy atom. The lowest BCUT2D eigenvalue weighted by Gasteiger charge is -2.35. The first-order valence-electron chi connectivity index (χ1n) is 10.9. The number of carbonyl (C=O) groups excluding carboxylic acids is 1. The maximum absolute atomic E-state index is 12.9. The smallest absolute Gasteiger partial charge is 0.253 e. The van der Waals surface area contributed by atoms with Gasteiger partial charge in [0.1, 0.15) is 0 Å². The van der Waals surface area contributed by atoms with E-state index in [1.807, 2.05) is 82.5 Å². The van der Waals surface area contributed by atoms with Crippen LogP contribution in [-0.2, 0) is 0 Å². The van der Waals surface area contributed by atoms with Gasteiger partial charge in [-0.1, -0.05) is 24.3 Å². The standard InChI is InChI=1S/C26H25N5O/c1-20-6-2-3-7-23(20)24-12-13-25(28-27-24)30-16-18-31(19-17-30)26(32)21-8-10-22(11-9-21)29-14-4-5-15-29/h2-15H,16-19H2,1H3. The zero-order valence-corrected chi connectivity index (χ0v) is 18.1. The summed E-state index contributed by atoms with van der Waals surface area (Å²) in [5.74, 6) is 0.926. The van der Waals surface area contributed by atoms with Crippen LogP contribution in [-0.4, -0.2) is 51.8 Å². The molecular weight excluding hydrogens is 398 g/mol. The Bertz CT molecular complexity index is 1190. The molecule has 5 rings (SSSR count). The number of aryl methyl sites for hydroxylation is 1. The van der Waals surface area contributed by atoms with Crippen LogP contribution in [0.25, 0.3) is 16.9 Å². The van der Waals surface area contributed by atoms with E-state index in [-0.39, 0.29) is 5.91 Å². The SMILES string of the molecule is Cc1ccccc1-c1ccc(N2CCN(C(=O)c3ccc(-n4cccc4)cc3)CC2)nn1. The van der Waals surface area contributed by atoms with Crippen molar-refractivity contribution in [3.05, 3.63) is 96.3 Å². The Morgan fingerprint density at radius 1 is 0.781 bits per heavy atom. The summed E-state index contributed by atoms with van der Waals surface area (Å²) in [4.78, 5) is 17.0. The number of rotatable bonds is 4. The van der Waals surface area contributed by atoms with Crippen LogP contribution in [0.15, 0.2) is 85.2 Å². The minimum Gasteiger partial charge on any atom is -0.352 e. The Hall–Kier alpha value is -3.93. The van der Waals surface area contributed by atoms with E-state index in [2.05, 4.69) is 34.2 Å². The number of hydrogen-bond donors (Lipinski definition) is 0. The van der Waals surface area contributed by atoms with Crippen molar-refractivity contribution in [2.75, 3.05) is 31.1 Å². The van der Waals surface area contributed by atoms with Gasteiger partial charge in [0, 0.05) is 55.4 Å². The summed E-state index contributed by atoms with van der Waals surface area (Å²) in [6.07, 6.45) is 3.99. The zero-order valence-electron chi connectivity index (χ0n) is 18.1. The highest BCUT2D eigenvalue weighted by Crippen LogP contribution is 2.22. The molecule has 2 aromatic heterocycles. The second kappa shape index (κ2) is 8.67. The average Bonchev–Trinajstić information content (AvgIpc) is 3.39. The molecule has 0 N–H and O–H groups in total. The van der Waals surface area contributed by atoms with E-state index in [4.69, 9.17) is 0 Å². The summed E-state index contributed by atoms with van der Waals surface area (Å²) < 4.78 is 2.03. The van der Waals surface area contributed by atoms with E-state index in [9.17, 15) is 4.79 Å². The molecule has 1 saturated heterocycles. The second-order valence-electron chi connectivity index (χ2n) is 8.01. The van der Waals surface area contributed by atoms with Gasteiger partial charge in [0.15, 0.2) is 5.82 Å². The summed E-state index contributed by atoms with van der Waals surface area (Å²) in [6.45, 7) is 4.89. The summed E-state index contributed by atoms with van der Waals surface area (Å²) in [7, 11) is 0. The molecule has 0 atom stereocenters. The Labute approximate surface area is 187 Å². The number of aromatic nitrogens is 3. The van der Waals surface area contributed by atoms with Gasteiger partial charge in [0.05, 0.1) is 5.69 Å². The highest BCUT2D eigenvalue weighted by Gasteiger charge is 2.23. The fourth-order valence-corrected chi connectivity index (χ4v) is 4.10. The molecule has 6 heteroatoms. The molecular formula is C26H25N5O. The van der Waals surface area contributed by atoms with Crippen LogP contribution in [0.3, 0.4) is 0 Å². The lowest BCUT2D eigenvalue weighted by atomic mass is 10.1. The largest absolute Gasteiger partial charge is 0.352 e. The first-order valence-corrected chi connectivity index (χ1v) is 10.9. The lowest BCUT2D eigenvalue weighted by Crippen LogP contribution is -2.49. The third-order valence-corrected chi connectivity index (χ3v) is 5.98. The molecule has 3 heterocycles. The Morgan fingerprint density at radius 3 is 2.16 bits per heavy atom. The fraction of sp³-hybridized carbons (Fsp3) is 0.192. The van der Waals surface area contributed by atoms with Gasteiger partial charge in [0.25, 0.3) is 5.91 Å². The van der Waals surface area contributed by atoms with Crippen LogP contribution < -0.4 is 4.90 Å². The van der Waals surface area contributed by atoms with Gasteiger partial charge in [0.2, 0.25) is 0 Å². The third kappa shape index (κ3) is 3.99. The van der Waals surface area contributed by atoms with Crippen molar-refractivity contribution in [1.29, 1.82) is 0 Å². The predicted octanol–water partition coefficient (Wildman–Crippen LogP) is 4.21. The number of carbonyl (C=O) groups is 1. The van der Waals surface area contributed by atoms with Crippen LogP contribution in [0.5, 0.6) is 0 Å². The molecule has 0 saturated carbocycles. The molecule has 1 amide bonds. The van der Waals surface area contributed by atoms with Crippen LogP contribution >= 0.6 is 0 Å². The molecule has 160 valence electrons. The number of hydrogen-bond acceptors (Lipinski definition) is 4. The monoisotopic (exact) mass is 423 g/mol. The highest BCUT2D eigenvalue weighted by molar-refractivity contribution is 5.94. The summed E-state index contributed by atoms with van der Waals surface area (Å²) in [6, 6.07) is 24.0. The number of nitrogens with zero attached hydrogens (tertiary/aromatic N) is 5. The zero-order chi connectivity index (χ0) is 21.9. The van der Waals surface area contributed by atoms with Crippen LogP contribution in [0.2, 0.25) is 0 Å². The van der Waals surface area contributed by atoms with Gasteiger partial charge in [-0.3, -0.25) is 4.79 Å². The van der Waals surface area contributed by atoms with Crippen molar-refractivity contribution in [3.63, 3.8) is 0 Å². The molecule has 0 spiro atoms. The van der Waals surface area contributed by atoms with Gasteiger partial charge in [-0.05, 0) is 61.0 Å². The molecule has 0 aliphatic carbocycles. The minimum absolute atomic E-state index is 0.0738. The number of benzene rings is 2. The second-order valence-corrected chi connectivity index (χ2v) is 8.01. The van der Waals surface area contributed by atoms with Crippen LogP contribution in [0.1, 0.15) is 15.9 Å². The van der Waals surface area contributed by atoms with Crippen molar-refractivity contribution in [1.82, 2.24) is 19.7 Å². The quantitative estimate of drug-likeness (QED) is 0.494. The molecule has 1 fully saturated rings. The van der Waals surface area contributed by atoms with Crippen molar-refractivity contribution in [3.8, 4) is 16.9 Å². The summed E-state index contributed by atoms with van der Waals surface area (Å²) in [5, 5.41) is 8.89. The average molecular weight is 424 g/mol. The van der Waals surface area contributed by atoms with E-state index < -0.39 is 0 Å². The molecule has 4 aromatic rings. The van der Waals surface area contributed by atoms with Gasteiger partial charge < -0.3 is 14.4 Å². The van der Waals surface area contributed by atoms with Gasteiger partial charge in [-0.25, -0.2) is 0 Å². The molecule has 2 aromatic carbocycles. The summed E-state index contributed by atoms with van der Waals surface area (Å²) in [5.41, 5.74) is 4.93. The number of piperazine rings is 1. The minimum atomic E-state index is 0.0738. The summed E-state index contributed by atoms with van der Waals surface area (Å²) >= 11 is 0. The first-order chi connectivity index (χ1) is 15.7. The molecule has 1 aliphatic rings. The third-order valence-electron chi connectivity index (χ3n) is 5.98. The van der Waals surface area contributed by atoms with Gasteiger partial charge >= 0.3 is 0 Å². The molecule has 0 unspecified atom stereocenters. The fourth-order valence-electron chi connectivity index (χ4n) is 4.10. The normalized spacial score (nSPS) is 13.9.